The number of carbonyl (C=O) groups excluding carboxylic acids is 1. The monoisotopic (exact) mass is 292 g/mol. The minimum absolute atomic E-state index is 0.666. The fourth-order valence-electron chi connectivity index (χ4n) is 1.00. The van der Waals surface area contributed by atoms with Crippen LogP contribution in [-0.4, -0.2) is 16.1 Å². The molecule has 0 aliphatic rings. The first kappa shape index (κ1) is 10.7. The lowest BCUT2D eigenvalue weighted by Gasteiger charge is -2.05. The van der Waals surface area contributed by atoms with Crippen molar-refractivity contribution in [1.29, 1.82) is 0 Å². The molecule has 0 aromatic carbocycles. The molecule has 1 heterocycles. The molecule has 0 N–H and O–H groups in total. The van der Waals surface area contributed by atoms with E-state index < -0.39 is 0 Å². The van der Waals surface area contributed by atoms with Gasteiger partial charge in [-0.2, -0.15) is 5.10 Å². The van der Waals surface area contributed by atoms with Gasteiger partial charge in [0.2, 0.25) is 0 Å². The SMILES string of the molecule is CC(C)CCn1ncc(C=O)c1I. The first-order chi connectivity index (χ1) is 6.15. The fourth-order valence-corrected chi connectivity index (χ4v) is 1.63. The third-order valence-electron chi connectivity index (χ3n) is 1.85. The minimum atomic E-state index is 0.666. The van der Waals surface area contributed by atoms with Gasteiger partial charge < -0.3 is 0 Å². The second-order valence-corrected chi connectivity index (χ2v) is 4.44. The third kappa shape index (κ3) is 2.79. The van der Waals surface area contributed by atoms with Crippen LogP contribution in [0.4, 0.5) is 0 Å². The number of carbonyl (C=O) groups is 1. The Kier molecular flexibility index (Phi) is 3.90. The second kappa shape index (κ2) is 4.74. The molecule has 0 radical (unpaired) electrons. The van der Waals surface area contributed by atoms with Gasteiger partial charge in [-0.3, -0.25) is 9.48 Å². The molecule has 13 heavy (non-hydrogen) atoms. The molecule has 1 aromatic rings. The zero-order valence-corrected chi connectivity index (χ0v) is 9.98. The highest BCUT2D eigenvalue weighted by molar-refractivity contribution is 14.1. The molecule has 0 aliphatic carbocycles. The fraction of sp³-hybridized carbons (Fsp3) is 0.556. The van der Waals surface area contributed by atoms with Crippen molar-refractivity contribution >= 4 is 28.9 Å². The Morgan fingerprint density at radius 2 is 2.38 bits per heavy atom. The van der Waals surface area contributed by atoms with Crippen molar-refractivity contribution in [3.63, 3.8) is 0 Å². The van der Waals surface area contributed by atoms with Crippen LogP contribution in [0.5, 0.6) is 0 Å². The van der Waals surface area contributed by atoms with Crippen molar-refractivity contribution in [3.05, 3.63) is 15.5 Å². The number of aryl methyl sites for hydroxylation is 1. The van der Waals surface area contributed by atoms with Gasteiger partial charge >= 0.3 is 0 Å². The average Bonchev–Trinajstić information content (AvgIpc) is 2.43. The van der Waals surface area contributed by atoms with E-state index in [2.05, 4.69) is 41.5 Å². The van der Waals surface area contributed by atoms with E-state index in [4.69, 9.17) is 0 Å². The normalized spacial score (nSPS) is 10.8. The van der Waals surface area contributed by atoms with Crippen LogP contribution in [0.3, 0.4) is 0 Å². The zero-order valence-electron chi connectivity index (χ0n) is 7.83. The van der Waals surface area contributed by atoms with E-state index in [9.17, 15) is 4.79 Å². The van der Waals surface area contributed by atoms with Gasteiger partial charge in [-0.15, -0.1) is 0 Å². The predicted molar refractivity (Wildman–Crippen MR) is 59.8 cm³/mol. The van der Waals surface area contributed by atoms with Gasteiger partial charge in [-0.05, 0) is 34.9 Å². The third-order valence-corrected chi connectivity index (χ3v) is 3.03. The van der Waals surface area contributed by atoms with Gasteiger partial charge in [0.25, 0.3) is 0 Å². The lowest BCUT2D eigenvalue weighted by Crippen LogP contribution is -2.05. The Hall–Kier alpha value is -0.390. The summed E-state index contributed by atoms with van der Waals surface area (Å²) in [7, 11) is 0. The predicted octanol–water partition coefficient (Wildman–Crippen LogP) is 2.35. The minimum Gasteiger partial charge on any atom is -0.298 e. The Labute approximate surface area is 91.7 Å². The molecule has 0 bridgehead atoms. The largest absolute Gasteiger partial charge is 0.298 e. The van der Waals surface area contributed by atoms with Crippen molar-refractivity contribution < 1.29 is 4.79 Å². The molecular formula is C9H13IN2O. The molecule has 3 nitrogen and oxygen atoms in total. The van der Waals surface area contributed by atoms with Crippen LogP contribution in [0.25, 0.3) is 0 Å². The summed E-state index contributed by atoms with van der Waals surface area (Å²) in [4.78, 5) is 10.5. The highest BCUT2D eigenvalue weighted by Crippen LogP contribution is 2.11. The van der Waals surface area contributed by atoms with E-state index in [0.29, 0.717) is 11.5 Å². The average molecular weight is 292 g/mol. The first-order valence-corrected chi connectivity index (χ1v) is 5.39. The molecule has 0 amide bonds. The molecule has 0 unspecified atom stereocenters. The molecular weight excluding hydrogens is 279 g/mol. The number of hydrogen-bond donors (Lipinski definition) is 0. The maximum atomic E-state index is 10.5. The van der Waals surface area contributed by atoms with Gasteiger partial charge in [0.05, 0.1) is 11.8 Å². The lowest BCUT2D eigenvalue weighted by molar-refractivity contribution is 0.112. The van der Waals surface area contributed by atoms with E-state index >= 15 is 0 Å². The highest BCUT2D eigenvalue weighted by Gasteiger charge is 2.06. The van der Waals surface area contributed by atoms with Crippen LogP contribution in [0.15, 0.2) is 6.20 Å². The lowest BCUT2D eigenvalue weighted by atomic mass is 10.1. The number of aromatic nitrogens is 2. The summed E-state index contributed by atoms with van der Waals surface area (Å²) in [6, 6.07) is 0. The van der Waals surface area contributed by atoms with Crippen molar-refractivity contribution in [1.82, 2.24) is 9.78 Å². The first-order valence-electron chi connectivity index (χ1n) is 4.31. The van der Waals surface area contributed by atoms with Gasteiger partial charge in [-0.25, -0.2) is 0 Å². The summed E-state index contributed by atoms with van der Waals surface area (Å²) in [6.45, 7) is 5.25. The zero-order chi connectivity index (χ0) is 9.84. The van der Waals surface area contributed by atoms with Crippen molar-refractivity contribution in [2.45, 2.75) is 26.8 Å². The van der Waals surface area contributed by atoms with Crippen LogP contribution >= 0.6 is 22.6 Å². The summed E-state index contributed by atoms with van der Waals surface area (Å²) in [5.41, 5.74) is 0.685. The molecule has 0 atom stereocenters. The number of aldehydes is 1. The number of halogens is 1. The Morgan fingerprint density at radius 1 is 1.69 bits per heavy atom. The molecule has 4 heteroatoms. The van der Waals surface area contributed by atoms with Crippen LogP contribution in [0.1, 0.15) is 30.6 Å². The second-order valence-electron chi connectivity index (χ2n) is 3.41. The Balaban J connectivity index is 2.67. The van der Waals surface area contributed by atoms with E-state index in [0.717, 1.165) is 23.0 Å². The van der Waals surface area contributed by atoms with Crippen molar-refractivity contribution in [2.24, 2.45) is 5.92 Å². The Morgan fingerprint density at radius 3 is 2.85 bits per heavy atom. The summed E-state index contributed by atoms with van der Waals surface area (Å²) in [5, 5.41) is 4.14. The molecule has 1 aromatic heterocycles. The number of hydrogen-bond acceptors (Lipinski definition) is 2. The molecule has 0 saturated heterocycles. The van der Waals surface area contributed by atoms with E-state index in [1.54, 1.807) is 6.20 Å². The molecule has 0 spiro atoms. The molecule has 0 aliphatic heterocycles. The smallest absolute Gasteiger partial charge is 0.154 e. The number of rotatable bonds is 4. The maximum absolute atomic E-state index is 10.5. The van der Waals surface area contributed by atoms with E-state index in [1.165, 1.54) is 0 Å². The van der Waals surface area contributed by atoms with Crippen LogP contribution in [-0.2, 0) is 6.54 Å². The van der Waals surface area contributed by atoms with Gasteiger partial charge in [0.1, 0.15) is 3.70 Å². The quantitative estimate of drug-likeness (QED) is 0.630. The van der Waals surface area contributed by atoms with Crippen LogP contribution < -0.4 is 0 Å². The Bertz CT molecular complexity index is 294. The highest BCUT2D eigenvalue weighted by atomic mass is 127. The van der Waals surface area contributed by atoms with E-state index in [1.807, 2.05) is 4.68 Å². The van der Waals surface area contributed by atoms with Crippen LogP contribution in [0, 0.1) is 9.62 Å². The van der Waals surface area contributed by atoms with E-state index in [-0.39, 0.29) is 0 Å². The molecule has 1 rings (SSSR count). The van der Waals surface area contributed by atoms with Crippen LogP contribution in [0.2, 0.25) is 0 Å². The van der Waals surface area contributed by atoms with Crippen molar-refractivity contribution in [3.8, 4) is 0 Å². The summed E-state index contributed by atoms with van der Waals surface area (Å²) >= 11 is 2.15. The maximum Gasteiger partial charge on any atom is 0.154 e. The van der Waals surface area contributed by atoms with Gasteiger partial charge in [-0.1, -0.05) is 13.8 Å². The van der Waals surface area contributed by atoms with Gasteiger partial charge in [0.15, 0.2) is 6.29 Å². The topological polar surface area (TPSA) is 34.9 Å². The number of nitrogens with zero attached hydrogens (tertiary/aromatic N) is 2. The standard InChI is InChI=1S/C9H13IN2O/c1-7(2)3-4-12-9(10)8(6-13)5-11-12/h5-7H,3-4H2,1-2H3. The molecule has 0 saturated carbocycles. The summed E-state index contributed by atoms with van der Waals surface area (Å²) in [5.74, 6) is 0.666. The molecule has 72 valence electrons. The summed E-state index contributed by atoms with van der Waals surface area (Å²) < 4.78 is 2.82. The molecule has 0 fully saturated rings. The summed E-state index contributed by atoms with van der Waals surface area (Å²) in [6.07, 6.45) is 3.56. The van der Waals surface area contributed by atoms with Gasteiger partial charge in [0, 0.05) is 6.54 Å². The van der Waals surface area contributed by atoms with Crippen molar-refractivity contribution in [2.75, 3.05) is 0 Å².